The van der Waals surface area contributed by atoms with Crippen LogP contribution in [0.15, 0.2) is 41.5 Å². The second-order valence-electron chi connectivity index (χ2n) is 7.05. The first kappa shape index (κ1) is 18.7. The molecule has 2 aromatic rings. The highest BCUT2D eigenvalue weighted by atomic mass is 16.5. The van der Waals surface area contributed by atoms with E-state index in [1.54, 1.807) is 0 Å². The molecule has 3 heterocycles. The molecule has 0 aliphatic carbocycles. The molecule has 4 rings (SSSR count). The Morgan fingerprint density at radius 2 is 1.68 bits per heavy atom. The Morgan fingerprint density at radius 3 is 2.39 bits per heavy atom. The molecule has 0 atom stereocenters. The molecular formula is C21H27N5O2. The second kappa shape index (κ2) is 9.03. The van der Waals surface area contributed by atoms with Gasteiger partial charge >= 0.3 is 0 Å². The number of morpholine rings is 2. The van der Waals surface area contributed by atoms with Gasteiger partial charge in [0.05, 0.1) is 32.6 Å². The Hall–Kier alpha value is -2.64. The average molecular weight is 381 g/mol. The zero-order valence-electron chi connectivity index (χ0n) is 16.3. The Bertz CT molecular complexity index is 778. The van der Waals surface area contributed by atoms with Gasteiger partial charge in [0, 0.05) is 44.0 Å². The van der Waals surface area contributed by atoms with E-state index in [2.05, 4.69) is 51.5 Å². The van der Waals surface area contributed by atoms with Gasteiger partial charge in [0.15, 0.2) is 5.82 Å². The van der Waals surface area contributed by atoms with Crippen molar-refractivity contribution in [1.82, 2.24) is 4.98 Å². The van der Waals surface area contributed by atoms with Crippen LogP contribution in [-0.2, 0) is 9.47 Å². The summed E-state index contributed by atoms with van der Waals surface area (Å²) in [5.41, 5.74) is 6.53. The summed E-state index contributed by atoms with van der Waals surface area (Å²) in [6.07, 6.45) is 1.82. The predicted molar refractivity (Wildman–Crippen MR) is 113 cm³/mol. The molecule has 1 aromatic heterocycles. The summed E-state index contributed by atoms with van der Waals surface area (Å²) < 4.78 is 11.0. The van der Waals surface area contributed by atoms with Crippen molar-refractivity contribution in [3.63, 3.8) is 0 Å². The fraction of sp³-hybridized carbons (Fsp3) is 0.429. The van der Waals surface area contributed by atoms with E-state index in [-0.39, 0.29) is 0 Å². The van der Waals surface area contributed by atoms with Gasteiger partial charge < -0.3 is 19.3 Å². The smallest absolute Gasteiger partial charge is 0.150 e. The SMILES string of the molecule is Cc1cccc(C=NNc2cc(N3CCOCC3)cc(N3CCOCC3)n2)c1. The Kier molecular flexibility index (Phi) is 6.04. The molecule has 0 saturated carbocycles. The van der Waals surface area contributed by atoms with Crippen LogP contribution >= 0.6 is 0 Å². The normalized spacial score (nSPS) is 17.9. The van der Waals surface area contributed by atoms with E-state index in [0.29, 0.717) is 0 Å². The second-order valence-corrected chi connectivity index (χ2v) is 7.05. The molecule has 7 heteroatoms. The van der Waals surface area contributed by atoms with Gasteiger partial charge in [-0.2, -0.15) is 5.10 Å². The van der Waals surface area contributed by atoms with E-state index < -0.39 is 0 Å². The zero-order valence-corrected chi connectivity index (χ0v) is 16.3. The third-order valence-electron chi connectivity index (χ3n) is 4.94. The summed E-state index contributed by atoms with van der Waals surface area (Å²) in [7, 11) is 0. The lowest BCUT2D eigenvalue weighted by molar-refractivity contribution is 0.122. The lowest BCUT2D eigenvalue weighted by Crippen LogP contribution is -2.38. The molecule has 0 unspecified atom stereocenters. The average Bonchev–Trinajstić information content (AvgIpc) is 2.75. The molecule has 28 heavy (non-hydrogen) atoms. The first-order valence-electron chi connectivity index (χ1n) is 9.81. The third kappa shape index (κ3) is 4.79. The van der Waals surface area contributed by atoms with Crippen molar-refractivity contribution < 1.29 is 9.47 Å². The Labute approximate surface area is 166 Å². The number of rotatable bonds is 5. The summed E-state index contributed by atoms with van der Waals surface area (Å²) in [4.78, 5) is 9.39. The minimum absolute atomic E-state index is 0.734. The zero-order chi connectivity index (χ0) is 19.2. The number of pyridine rings is 1. The predicted octanol–water partition coefficient (Wildman–Crippen LogP) is 2.51. The highest BCUT2D eigenvalue weighted by molar-refractivity contribution is 5.80. The fourth-order valence-electron chi connectivity index (χ4n) is 3.44. The van der Waals surface area contributed by atoms with Crippen molar-refractivity contribution in [2.75, 3.05) is 67.8 Å². The summed E-state index contributed by atoms with van der Waals surface area (Å²) in [6.45, 7) is 8.53. The van der Waals surface area contributed by atoms with Gasteiger partial charge in [-0.05, 0) is 12.5 Å². The van der Waals surface area contributed by atoms with E-state index >= 15 is 0 Å². The van der Waals surface area contributed by atoms with Gasteiger partial charge in [0.25, 0.3) is 0 Å². The highest BCUT2D eigenvalue weighted by Crippen LogP contribution is 2.26. The molecule has 2 saturated heterocycles. The number of aryl methyl sites for hydroxylation is 1. The van der Waals surface area contributed by atoms with Crippen molar-refractivity contribution in [3.05, 3.63) is 47.5 Å². The maximum Gasteiger partial charge on any atom is 0.150 e. The molecular weight excluding hydrogens is 354 g/mol. The van der Waals surface area contributed by atoms with Crippen molar-refractivity contribution in [1.29, 1.82) is 0 Å². The topological polar surface area (TPSA) is 62.2 Å². The van der Waals surface area contributed by atoms with Gasteiger partial charge in [0.2, 0.25) is 0 Å². The van der Waals surface area contributed by atoms with Crippen LogP contribution in [0.4, 0.5) is 17.3 Å². The number of nitrogens with zero attached hydrogens (tertiary/aromatic N) is 4. The molecule has 0 radical (unpaired) electrons. The summed E-state index contributed by atoms with van der Waals surface area (Å²) in [5.74, 6) is 1.70. The standard InChI is InChI=1S/C21H27N5O2/c1-17-3-2-4-18(13-17)16-22-24-20-14-19(25-5-9-27-10-6-25)15-21(23-20)26-7-11-28-12-8-26/h2-4,13-16H,5-12H2,1H3,(H,23,24). The minimum Gasteiger partial charge on any atom is -0.378 e. The largest absolute Gasteiger partial charge is 0.378 e. The van der Waals surface area contributed by atoms with Crippen LogP contribution in [0, 0.1) is 6.92 Å². The Balaban J connectivity index is 1.55. The molecule has 1 N–H and O–H groups in total. The number of anilines is 3. The number of ether oxygens (including phenoxy) is 2. The third-order valence-corrected chi connectivity index (χ3v) is 4.94. The van der Waals surface area contributed by atoms with Crippen LogP contribution in [0.1, 0.15) is 11.1 Å². The quantitative estimate of drug-likeness (QED) is 0.634. The van der Waals surface area contributed by atoms with E-state index in [4.69, 9.17) is 14.5 Å². The summed E-state index contributed by atoms with van der Waals surface area (Å²) >= 11 is 0. The van der Waals surface area contributed by atoms with Crippen molar-refractivity contribution in [2.45, 2.75) is 6.92 Å². The summed E-state index contributed by atoms with van der Waals surface area (Å²) in [6, 6.07) is 12.5. The summed E-state index contributed by atoms with van der Waals surface area (Å²) in [5, 5.41) is 4.40. The van der Waals surface area contributed by atoms with Crippen LogP contribution in [0.25, 0.3) is 0 Å². The molecule has 1 aromatic carbocycles. The van der Waals surface area contributed by atoms with Gasteiger partial charge in [-0.25, -0.2) is 4.98 Å². The monoisotopic (exact) mass is 381 g/mol. The van der Waals surface area contributed by atoms with Gasteiger partial charge in [-0.3, -0.25) is 5.43 Å². The molecule has 2 aliphatic rings. The lowest BCUT2D eigenvalue weighted by Gasteiger charge is -2.32. The maximum atomic E-state index is 5.50. The van der Waals surface area contributed by atoms with Gasteiger partial charge in [0.1, 0.15) is 5.82 Å². The number of nitrogens with one attached hydrogen (secondary N) is 1. The molecule has 0 bridgehead atoms. The molecule has 2 aliphatic heterocycles. The van der Waals surface area contributed by atoms with E-state index in [1.807, 2.05) is 18.3 Å². The molecule has 7 nitrogen and oxygen atoms in total. The molecule has 2 fully saturated rings. The van der Waals surface area contributed by atoms with Crippen LogP contribution < -0.4 is 15.2 Å². The number of aromatic nitrogens is 1. The number of hydrogen-bond donors (Lipinski definition) is 1. The van der Waals surface area contributed by atoms with Gasteiger partial charge in [-0.1, -0.05) is 29.8 Å². The number of benzene rings is 1. The number of hydrazone groups is 1. The lowest BCUT2D eigenvalue weighted by atomic mass is 10.2. The maximum absolute atomic E-state index is 5.50. The van der Waals surface area contributed by atoms with Crippen molar-refractivity contribution in [3.8, 4) is 0 Å². The van der Waals surface area contributed by atoms with Crippen molar-refractivity contribution in [2.24, 2.45) is 5.10 Å². The van der Waals surface area contributed by atoms with Crippen LogP contribution in [0.3, 0.4) is 0 Å². The van der Waals surface area contributed by atoms with Crippen LogP contribution in [-0.4, -0.2) is 63.8 Å². The molecule has 0 spiro atoms. The number of hydrogen-bond acceptors (Lipinski definition) is 7. The fourth-order valence-corrected chi connectivity index (χ4v) is 3.44. The van der Waals surface area contributed by atoms with Gasteiger partial charge in [-0.15, -0.1) is 0 Å². The van der Waals surface area contributed by atoms with E-state index in [9.17, 15) is 0 Å². The van der Waals surface area contributed by atoms with Crippen LogP contribution in [0.5, 0.6) is 0 Å². The van der Waals surface area contributed by atoms with Crippen molar-refractivity contribution >= 4 is 23.5 Å². The first-order chi connectivity index (χ1) is 13.8. The first-order valence-corrected chi connectivity index (χ1v) is 9.81. The Morgan fingerprint density at radius 1 is 0.964 bits per heavy atom. The van der Waals surface area contributed by atoms with E-state index in [1.165, 1.54) is 5.56 Å². The van der Waals surface area contributed by atoms with Crippen LogP contribution in [0.2, 0.25) is 0 Å². The molecule has 0 amide bonds. The highest BCUT2D eigenvalue weighted by Gasteiger charge is 2.18. The molecule has 148 valence electrons. The minimum atomic E-state index is 0.734. The van der Waals surface area contributed by atoms with E-state index in [0.717, 1.165) is 75.5 Å².